The summed E-state index contributed by atoms with van der Waals surface area (Å²) in [6.07, 6.45) is 6.60. The number of phenolic OH excluding ortho intramolecular Hbond substituents is 1. The van der Waals surface area contributed by atoms with Crippen molar-refractivity contribution in [2.24, 2.45) is 0 Å². The third-order valence-corrected chi connectivity index (χ3v) is 2.02. The quantitative estimate of drug-likeness (QED) is 0.480. The summed E-state index contributed by atoms with van der Waals surface area (Å²) in [4.78, 5) is 11.6. The molecule has 0 amide bonds. The number of benzene rings is 1. The largest absolute Gasteiger partial charge is 0.507 e. The second kappa shape index (κ2) is 5.75. The number of hydrogen-bond donors (Lipinski definition) is 1. The van der Waals surface area contributed by atoms with Crippen LogP contribution in [-0.2, 0) is 0 Å². The molecule has 0 bridgehead atoms. The highest BCUT2D eigenvalue weighted by molar-refractivity contribution is 6.06. The van der Waals surface area contributed by atoms with Gasteiger partial charge in [-0.15, -0.1) is 0 Å². The van der Waals surface area contributed by atoms with Crippen LogP contribution in [0.2, 0.25) is 0 Å². The van der Waals surface area contributed by atoms with Crippen molar-refractivity contribution in [1.29, 1.82) is 0 Å². The number of rotatable bonds is 4. The van der Waals surface area contributed by atoms with Crippen molar-refractivity contribution in [2.75, 3.05) is 7.11 Å². The van der Waals surface area contributed by atoms with Crippen LogP contribution in [0, 0.1) is 0 Å². The fourth-order valence-corrected chi connectivity index (χ4v) is 1.19. The first-order valence-electron chi connectivity index (χ1n) is 4.89. The molecule has 0 unspecified atom stereocenters. The van der Waals surface area contributed by atoms with Crippen LogP contribution < -0.4 is 4.74 Å². The maximum atomic E-state index is 11.6. The molecular formula is C13H14O3. The molecule has 16 heavy (non-hydrogen) atoms. The van der Waals surface area contributed by atoms with E-state index in [1.54, 1.807) is 18.2 Å². The summed E-state index contributed by atoms with van der Waals surface area (Å²) in [7, 11) is 1.50. The highest BCUT2D eigenvalue weighted by atomic mass is 16.5. The van der Waals surface area contributed by atoms with Crippen molar-refractivity contribution in [3.8, 4) is 11.5 Å². The third-order valence-electron chi connectivity index (χ3n) is 2.02. The normalized spacial score (nSPS) is 11.1. The van der Waals surface area contributed by atoms with Gasteiger partial charge in [0, 0.05) is 6.07 Å². The second-order valence-corrected chi connectivity index (χ2v) is 3.13. The summed E-state index contributed by atoms with van der Waals surface area (Å²) in [6.45, 7) is 1.86. The van der Waals surface area contributed by atoms with Gasteiger partial charge in [0.25, 0.3) is 0 Å². The molecule has 1 aromatic rings. The molecule has 1 rings (SSSR count). The minimum atomic E-state index is -0.238. The summed E-state index contributed by atoms with van der Waals surface area (Å²) in [6, 6.07) is 4.59. The van der Waals surface area contributed by atoms with Crippen LogP contribution in [0.4, 0.5) is 0 Å². The van der Waals surface area contributed by atoms with Crippen LogP contribution >= 0.6 is 0 Å². The molecule has 0 saturated heterocycles. The lowest BCUT2D eigenvalue weighted by atomic mass is 10.1. The average molecular weight is 218 g/mol. The molecule has 0 radical (unpaired) electrons. The van der Waals surface area contributed by atoms with Gasteiger partial charge in [0.2, 0.25) is 0 Å². The van der Waals surface area contributed by atoms with E-state index in [-0.39, 0.29) is 17.1 Å². The van der Waals surface area contributed by atoms with Crippen LogP contribution in [0.3, 0.4) is 0 Å². The average Bonchev–Trinajstić information content (AvgIpc) is 2.29. The van der Waals surface area contributed by atoms with Crippen LogP contribution in [0.15, 0.2) is 42.5 Å². The van der Waals surface area contributed by atoms with Gasteiger partial charge < -0.3 is 9.84 Å². The van der Waals surface area contributed by atoms with E-state index in [0.29, 0.717) is 5.75 Å². The third kappa shape index (κ3) is 2.98. The van der Waals surface area contributed by atoms with Crippen LogP contribution in [0.25, 0.3) is 0 Å². The second-order valence-electron chi connectivity index (χ2n) is 3.13. The van der Waals surface area contributed by atoms with Gasteiger partial charge in [-0.1, -0.05) is 18.2 Å². The molecule has 0 aliphatic rings. The minimum absolute atomic E-state index is 0.0746. The molecule has 3 heteroatoms. The fourth-order valence-electron chi connectivity index (χ4n) is 1.19. The Hall–Kier alpha value is -2.03. The number of aromatic hydroxyl groups is 1. The van der Waals surface area contributed by atoms with Crippen LogP contribution in [0.1, 0.15) is 17.3 Å². The van der Waals surface area contributed by atoms with Crippen molar-refractivity contribution < 1.29 is 14.6 Å². The van der Waals surface area contributed by atoms with Gasteiger partial charge in [-0.25, -0.2) is 0 Å². The summed E-state index contributed by atoms with van der Waals surface area (Å²) in [5.74, 6) is 0.208. The summed E-state index contributed by atoms with van der Waals surface area (Å²) in [5, 5.41) is 9.60. The molecule has 0 heterocycles. The molecule has 84 valence electrons. The molecule has 0 atom stereocenters. The van der Waals surface area contributed by atoms with E-state index in [0.717, 1.165) is 0 Å². The molecule has 0 aliphatic heterocycles. The van der Waals surface area contributed by atoms with Gasteiger partial charge in [-0.2, -0.15) is 0 Å². The Morgan fingerprint density at radius 3 is 2.69 bits per heavy atom. The molecule has 0 fully saturated rings. The molecule has 0 saturated carbocycles. The van der Waals surface area contributed by atoms with Crippen molar-refractivity contribution in [3.05, 3.63) is 48.1 Å². The predicted octanol–water partition coefficient (Wildman–Crippen LogP) is 2.72. The zero-order chi connectivity index (χ0) is 12.0. The summed E-state index contributed by atoms with van der Waals surface area (Å²) < 4.78 is 4.93. The Morgan fingerprint density at radius 2 is 2.12 bits per heavy atom. The molecule has 0 spiro atoms. The number of hydrogen-bond acceptors (Lipinski definition) is 3. The van der Waals surface area contributed by atoms with Gasteiger partial charge in [0.1, 0.15) is 11.5 Å². The van der Waals surface area contributed by atoms with Gasteiger partial charge in [0.05, 0.1) is 12.7 Å². The van der Waals surface area contributed by atoms with Crippen molar-refractivity contribution in [1.82, 2.24) is 0 Å². The Labute approximate surface area is 94.7 Å². The fraction of sp³-hybridized carbons (Fsp3) is 0.154. The molecular weight excluding hydrogens is 204 g/mol. The van der Waals surface area contributed by atoms with Crippen molar-refractivity contribution >= 4 is 5.78 Å². The van der Waals surface area contributed by atoms with E-state index in [1.807, 2.05) is 13.0 Å². The van der Waals surface area contributed by atoms with Gasteiger partial charge >= 0.3 is 0 Å². The summed E-state index contributed by atoms with van der Waals surface area (Å²) in [5.41, 5.74) is 0.265. The lowest BCUT2D eigenvalue weighted by Crippen LogP contribution is -1.95. The Kier molecular flexibility index (Phi) is 4.33. The number of allylic oxidation sites excluding steroid dienone is 4. The highest BCUT2D eigenvalue weighted by Crippen LogP contribution is 2.23. The van der Waals surface area contributed by atoms with Crippen molar-refractivity contribution in [3.63, 3.8) is 0 Å². The molecule has 1 N–H and O–H groups in total. The molecule has 3 nitrogen and oxygen atoms in total. The number of carbonyl (C=O) groups excluding carboxylic acids is 1. The van der Waals surface area contributed by atoms with E-state index in [9.17, 15) is 9.90 Å². The van der Waals surface area contributed by atoms with Gasteiger partial charge in [-0.05, 0) is 25.1 Å². The van der Waals surface area contributed by atoms with E-state index in [1.165, 1.54) is 25.3 Å². The van der Waals surface area contributed by atoms with E-state index >= 15 is 0 Å². The van der Waals surface area contributed by atoms with E-state index in [2.05, 4.69) is 0 Å². The topological polar surface area (TPSA) is 46.5 Å². The number of ketones is 1. The summed E-state index contributed by atoms with van der Waals surface area (Å²) >= 11 is 0. The van der Waals surface area contributed by atoms with E-state index < -0.39 is 0 Å². The number of methoxy groups -OCH3 is 1. The smallest absolute Gasteiger partial charge is 0.189 e. The Bertz CT molecular complexity index is 431. The number of carbonyl (C=O) groups is 1. The highest BCUT2D eigenvalue weighted by Gasteiger charge is 2.08. The first-order chi connectivity index (χ1) is 7.69. The first kappa shape index (κ1) is 12.0. The maximum absolute atomic E-state index is 11.6. The zero-order valence-electron chi connectivity index (χ0n) is 9.31. The molecule has 0 aromatic heterocycles. The lowest BCUT2D eigenvalue weighted by molar-refractivity contribution is 0.104. The molecule has 0 aliphatic carbocycles. The Morgan fingerprint density at radius 1 is 1.38 bits per heavy atom. The lowest BCUT2D eigenvalue weighted by Gasteiger charge is -2.03. The van der Waals surface area contributed by atoms with Gasteiger partial charge in [-0.3, -0.25) is 4.79 Å². The van der Waals surface area contributed by atoms with Crippen molar-refractivity contribution in [2.45, 2.75) is 6.92 Å². The Balaban J connectivity index is 2.92. The predicted molar refractivity (Wildman–Crippen MR) is 62.9 cm³/mol. The maximum Gasteiger partial charge on any atom is 0.189 e. The molecule has 1 aromatic carbocycles. The van der Waals surface area contributed by atoms with Crippen LogP contribution in [-0.4, -0.2) is 18.0 Å². The van der Waals surface area contributed by atoms with Gasteiger partial charge in [0.15, 0.2) is 5.78 Å². The minimum Gasteiger partial charge on any atom is -0.507 e. The SMILES string of the molecule is CC=CC=CC(=O)c1ccc(OC)cc1O. The zero-order valence-corrected chi connectivity index (χ0v) is 9.31. The van der Waals surface area contributed by atoms with E-state index in [4.69, 9.17) is 4.74 Å². The van der Waals surface area contributed by atoms with Crippen LogP contribution in [0.5, 0.6) is 11.5 Å². The standard InChI is InChI=1S/C13H14O3/c1-3-4-5-6-12(14)11-8-7-10(16-2)9-13(11)15/h3-9,15H,1-2H3. The number of ether oxygens (including phenoxy) is 1. The first-order valence-corrected chi connectivity index (χ1v) is 4.89. The monoisotopic (exact) mass is 218 g/mol. The number of phenols is 1.